The zero-order valence-corrected chi connectivity index (χ0v) is 8.30. The van der Waals surface area contributed by atoms with E-state index < -0.39 is 0 Å². The Bertz CT molecular complexity index is 304. The summed E-state index contributed by atoms with van der Waals surface area (Å²) in [6.45, 7) is 0. The summed E-state index contributed by atoms with van der Waals surface area (Å²) >= 11 is 1.47. The maximum Gasteiger partial charge on any atom is 0.318 e. The van der Waals surface area contributed by atoms with Gasteiger partial charge in [-0.3, -0.25) is 0 Å². The number of nitrogens with one attached hydrogen (secondary N) is 1. The van der Waals surface area contributed by atoms with Crippen LogP contribution in [0.4, 0.5) is 11.4 Å². The molecule has 0 unspecified atom stereocenters. The Morgan fingerprint density at radius 3 is 2.92 bits per heavy atom. The van der Waals surface area contributed by atoms with Crippen molar-refractivity contribution in [1.82, 2.24) is 0 Å². The zero-order valence-electron chi connectivity index (χ0n) is 7.48. The van der Waals surface area contributed by atoms with Gasteiger partial charge in [0, 0.05) is 18.4 Å². The molecule has 0 saturated heterocycles. The molecule has 0 aliphatic heterocycles. The quantitative estimate of drug-likeness (QED) is 0.597. The Morgan fingerprint density at radius 1 is 1.54 bits per heavy atom. The van der Waals surface area contributed by atoms with E-state index >= 15 is 0 Å². The van der Waals surface area contributed by atoms with Gasteiger partial charge >= 0.3 is 5.69 Å². The Labute approximate surface area is 80.9 Å². The van der Waals surface area contributed by atoms with Crippen molar-refractivity contribution in [2.24, 2.45) is 0 Å². The average molecular weight is 199 g/mol. The summed E-state index contributed by atoms with van der Waals surface area (Å²) in [4.78, 5) is 16.0. The van der Waals surface area contributed by atoms with Crippen LogP contribution in [0.3, 0.4) is 0 Å². The molecule has 0 fully saturated rings. The Morgan fingerprint density at radius 2 is 2.31 bits per heavy atom. The fourth-order valence-corrected chi connectivity index (χ4v) is 1.27. The lowest BCUT2D eigenvalue weighted by Crippen LogP contribution is -1.98. The molecule has 0 saturated carbocycles. The number of hydrogen-bond donors (Lipinski definition) is 1. The predicted molar refractivity (Wildman–Crippen MR) is 53.9 cm³/mol. The van der Waals surface area contributed by atoms with Crippen molar-refractivity contribution >= 4 is 23.3 Å². The first kappa shape index (κ1) is 9.85. The third-order valence-electron chi connectivity index (χ3n) is 1.44. The van der Waals surface area contributed by atoms with Gasteiger partial charge in [0.1, 0.15) is 0 Å². The van der Waals surface area contributed by atoms with E-state index in [-0.39, 0.29) is 0 Å². The van der Waals surface area contributed by atoms with Crippen molar-refractivity contribution in [2.75, 3.05) is 18.1 Å². The van der Waals surface area contributed by atoms with E-state index in [0.29, 0.717) is 10.6 Å². The first-order valence-corrected chi connectivity index (χ1v) is 4.91. The average Bonchev–Trinajstić information content (AvgIpc) is 2.18. The number of nitrogens with zero attached hydrogens (tertiary/aromatic N) is 1. The molecule has 0 spiro atoms. The van der Waals surface area contributed by atoms with Crippen LogP contribution in [-0.4, -0.2) is 18.3 Å². The maximum atomic E-state index is 11.0. The highest BCUT2D eigenvalue weighted by Gasteiger charge is 2.13. The fourth-order valence-electron chi connectivity index (χ4n) is 0.906. The van der Waals surface area contributed by atoms with Gasteiger partial charge in [0.2, 0.25) is 0 Å². The summed E-state index contributed by atoms with van der Waals surface area (Å²) in [5.41, 5.74) is 1.35. The lowest BCUT2D eigenvalue weighted by molar-refractivity contribution is -0.736. The van der Waals surface area contributed by atoms with Crippen LogP contribution in [0.1, 0.15) is 0 Å². The lowest BCUT2D eigenvalue weighted by Gasteiger charge is -1.99. The van der Waals surface area contributed by atoms with Crippen LogP contribution in [0.15, 0.2) is 24.3 Å². The third kappa shape index (κ3) is 2.62. The van der Waals surface area contributed by atoms with E-state index in [1.54, 1.807) is 18.2 Å². The van der Waals surface area contributed by atoms with E-state index in [2.05, 4.69) is 9.56 Å². The van der Waals surface area contributed by atoms with Gasteiger partial charge in [0.05, 0.1) is 10.6 Å². The summed E-state index contributed by atoms with van der Waals surface area (Å²) in [6, 6.07) is 7.07. The van der Waals surface area contributed by atoms with Gasteiger partial charge in [-0.25, -0.2) is 4.84 Å². The van der Waals surface area contributed by atoms with Crippen molar-refractivity contribution in [2.45, 2.75) is 0 Å². The van der Waals surface area contributed by atoms with E-state index in [9.17, 15) is 4.91 Å². The SMILES string of the molecule is CO[N+](=O)c1cccc(NSC)c1. The van der Waals surface area contributed by atoms with Gasteiger partial charge in [0.15, 0.2) is 7.11 Å². The minimum Gasteiger partial charge on any atom is -0.330 e. The van der Waals surface area contributed by atoms with Crippen molar-refractivity contribution in [3.8, 4) is 0 Å². The molecule has 1 N–H and O–H groups in total. The van der Waals surface area contributed by atoms with Crippen molar-refractivity contribution in [3.05, 3.63) is 29.2 Å². The van der Waals surface area contributed by atoms with Gasteiger partial charge in [0.25, 0.3) is 4.92 Å². The highest BCUT2D eigenvalue weighted by molar-refractivity contribution is 7.99. The normalized spacial score (nSPS) is 9.38. The zero-order chi connectivity index (χ0) is 9.68. The van der Waals surface area contributed by atoms with Crippen LogP contribution in [0.5, 0.6) is 0 Å². The summed E-state index contributed by atoms with van der Waals surface area (Å²) < 4.78 is 3.02. The van der Waals surface area contributed by atoms with Gasteiger partial charge in [-0.15, -0.1) is 0 Å². The number of hydrogen-bond acceptors (Lipinski definition) is 4. The van der Waals surface area contributed by atoms with Gasteiger partial charge in [-0.2, -0.15) is 0 Å². The summed E-state index contributed by atoms with van der Waals surface area (Å²) in [7, 11) is 1.33. The van der Waals surface area contributed by atoms with Crippen LogP contribution in [0, 0.1) is 4.91 Å². The van der Waals surface area contributed by atoms with Crippen LogP contribution in [0.25, 0.3) is 0 Å². The number of anilines is 1. The van der Waals surface area contributed by atoms with Crippen LogP contribution < -0.4 is 4.72 Å². The fraction of sp³-hybridized carbons (Fsp3) is 0.250. The highest BCUT2D eigenvalue weighted by atomic mass is 32.2. The van der Waals surface area contributed by atoms with E-state index in [1.165, 1.54) is 19.1 Å². The Balaban J connectivity index is 2.85. The monoisotopic (exact) mass is 199 g/mol. The molecule has 1 aromatic rings. The molecule has 0 heterocycles. The Hall–Kier alpha value is -1.23. The van der Waals surface area contributed by atoms with E-state index in [0.717, 1.165) is 5.69 Å². The van der Waals surface area contributed by atoms with Gasteiger partial charge in [-0.05, 0) is 6.07 Å². The van der Waals surface area contributed by atoms with Crippen molar-refractivity contribution in [1.29, 1.82) is 0 Å². The maximum absolute atomic E-state index is 11.0. The number of rotatable bonds is 4. The molecule has 13 heavy (non-hydrogen) atoms. The molecule has 1 rings (SSSR count). The second-order valence-electron chi connectivity index (χ2n) is 2.30. The summed E-state index contributed by atoms with van der Waals surface area (Å²) in [5, 5.41) is 0. The Kier molecular flexibility index (Phi) is 3.57. The molecular formula is C8H11N2O2S+. The minimum absolute atomic E-state index is 0.464. The second kappa shape index (κ2) is 4.71. The molecule has 0 atom stereocenters. The number of benzene rings is 1. The molecule has 0 aliphatic carbocycles. The van der Waals surface area contributed by atoms with Crippen molar-refractivity contribution in [3.63, 3.8) is 0 Å². The molecule has 0 bridgehead atoms. The molecule has 0 aromatic heterocycles. The minimum atomic E-state index is 0.464. The smallest absolute Gasteiger partial charge is 0.318 e. The topological polar surface area (TPSA) is 41.3 Å². The van der Waals surface area contributed by atoms with Crippen molar-refractivity contribution < 1.29 is 9.76 Å². The highest BCUT2D eigenvalue weighted by Crippen LogP contribution is 2.19. The van der Waals surface area contributed by atoms with E-state index in [1.807, 2.05) is 12.3 Å². The summed E-state index contributed by atoms with van der Waals surface area (Å²) in [5.74, 6) is 0. The van der Waals surface area contributed by atoms with Crippen LogP contribution in [-0.2, 0) is 4.84 Å². The van der Waals surface area contributed by atoms with Gasteiger partial charge in [-0.1, -0.05) is 18.0 Å². The lowest BCUT2D eigenvalue weighted by atomic mass is 10.3. The third-order valence-corrected chi connectivity index (χ3v) is 1.88. The predicted octanol–water partition coefficient (Wildman–Crippen LogP) is 2.35. The molecule has 4 nitrogen and oxygen atoms in total. The van der Waals surface area contributed by atoms with Crippen LogP contribution >= 0.6 is 11.9 Å². The van der Waals surface area contributed by atoms with E-state index in [4.69, 9.17) is 0 Å². The summed E-state index contributed by atoms with van der Waals surface area (Å²) in [6.07, 6.45) is 1.91. The standard InChI is InChI=1S/C8H11N2O2S/c1-12-10(11)8-5-3-4-7(6-8)9-13-2/h3-6,9H,1-2H3/q+1. The first-order valence-electron chi connectivity index (χ1n) is 3.68. The molecule has 70 valence electrons. The molecular weight excluding hydrogens is 188 g/mol. The molecule has 1 aromatic carbocycles. The molecule has 0 radical (unpaired) electrons. The molecule has 0 amide bonds. The molecule has 0 aliphatic rings. The molecule has 5 heteroatoms. The second-order valence-corrected chi connectivity index (χ2v) is 2.91. The van der Waals surface area contributed by atoms with Gasteiger partial charge < -0.3 is 4.72 Å². The largest absolute Gasteiger partial charge is 0.330 e. The first-order chi connectivity index (χ1) is 6.27. The van der Waals surface area contributed by atoms with Crippen LogP contribution in [0.2, 0.25) is 0 Å².